The standard InChI is InChI=1S/C35H45N7O4/c1-3-4-14-30-38-33-34(28-12-5-6-13-29(28)37-35(33)36)42(30)18-9-17-41(23-27-11-7-10-26(21-27)22-32(45)46)31(44)24-39-15-8-16-40(20-19-39)25(2)43/h5-7,10-13,21H,3-4,8-9,14-20,22-24H2,1-2H3,(H2,36,37)(H,45,46). The van der Waals surface area contributed by atoms with Crippen molar-refractivity contribution in [1.82, 2.24) is 29.2 Å². The van der Waals surface area contributed by atoms with E-state index in [-0.39, 0.29) is 24.8 Å². The number of aromatic nitrogens is 3. The van der Waals surface area contributed by atoms with Crippen LogP contribution in [0.15, 0.2) is 48.5 Å². The van der Waals surface area contributed by atoms with Crippen LogP contribution in [0.1, 0.15) is 56.5 Å². The maximum absolute atomic E-state index is 13.9. The minimum atomic E-state index is -0.888. The Labute approximate surface area is 270 Å². The molecule has 0 atom stereocenters. The summed E-state index contributed by atoms with van der Waals surface area (Å²) in [6, 6.07) is 15.4. The van der Waals surface area contributed by atoms with E-state index in [0.717, 1.165) is 60.0 Å². The van der Waals surface area contributed by atoms with E-state index in [1.165, 1.54) is 0 Å². The molecule has 0 aliphatic carbocycles. The number of aryl methyl sites for hydroxylation is 2. The van der Waals surface area contributed by atoms with E-state index in [4.69, 9.17) is 10.7 Å². The van der Waals surface area contributed by atoms with Crippen LogP contribution in [-0.2, 0) is 40.3 Å². The van der Waals surface area contributed by atoms with Gasteiger partial charge in [0.15, 0.2) is 5.82 Å². The van der Waals surface area contributed by atoms with Crippen LogP contribution in [0, 0.1) is 0 Å². The molecular formula is C35H45N7O4. The van der Waals surface area contributed by atoms with E-state index < -0.39 is 5.97 Å². The first-order chi connectivity index (χ1) is 22.2. The lowest BCUT2D eigenvalue weighted by Crippen LogP contribution is -2.42. The smallest absolute Gasteiger partial charge is 0.307 e. The summed E-state index contributed by atoms with van der Waals surface area (Å²) in [4.78, 5) is 52.6. The van der Waals surface area contributed by atoms with Crippen LogP contribution in [0.25, 0.3) is 21.9 Å². The number of para-hydroxylation sites is 1. The summed E-state index contributed by atoms with van der Waals surface area (Å²) in [6.45, 7) is 8.29. The number of unbranched alkanes of at least 4 members (excludes halogenated alkanes) is 1. The van der Waals surface area contributed by atoms with Gasteiger partial charge in [-0.15, -0.1) is 0 Å². The molecule has 1 fully saturated rings. The van der Waals surface area contributed by atoms with Gasteiger partial charge >= 0.3 is 5.97 Å². The van der Waals surface area contributed by atoms with Gasteiger partial charge in [0.05, 0.1) is 24.0 Å². The van der Waals surface area contributed by atoms with E-state index in [0.29, 0.717) is 62.6 Å². The number of fused-ring (bicyclic) bond motifs is 3. The third-order valence-corrected chi connectivity index (χ3v) is 8.72. The number of amides is 2. The highest BCUT2D eigenvalue weighted by atomic mass is 16.4. The molecule has 0 unspecified atom stereocenters. The van der Waals surface area contributed by atoms with Crippen molar-refractivity contribution >= 4 is 45.5 Å². The van der Waals surface area contributed by atoms with Crippen LogP contribution in [-0.4, -0.2) is 91.4 Å². The van der Waals surface area contributed by atoms with Crippen LogP contribution < -0.4 is 5.73 Å². The molecule has 2 aromatic carbocycles. The number of nitrogen functional groups attached to an aromatic ring is 1. The average Bonchev–Trinajstić information content (AvgIpc) is 3.22. The predicted octanol–water partition coefficient (Wildman–Crippen LogP) is 4.11. The third kappa shape index (κ3) is 8.00. The van der Waals surface area contributed by atoms with Crippen LogP contribution in [0.2, 0.25) is 0 Å². The molecule has 11 heteroatoms. The summed E-state index contributed by atoms with van der Waals surface area (Å²) in [5.74, 6) is 0.581. The van der Waals surface area contributed by atoms with Crippen molar-refractivity contribution in [2.75, 3.05) is 45.0 Å². The van der Waals surface area contributed by atoms with Gasteiger partial charge in [0, 0.05) is 64.5 Å². The number of nitrogens with two attached hydrogens (primary N) is 1. The monoisotopic (exact) mass is 627 g/mol. The SMILES string of the molecule is CCCCc1nc2c(N)nc3ccccc3c2n1CCCN(Cc1cccc(CC(=O)O)c1)C(=O)CN1CCCN(C(C)=O)CC1. The number of hydrogen-bond acceptors (Lipinski definition) is 7. The highest BCUT2D eigenvalue weighted by Gasteiger charge is 2.23. The zero-order valence-corrected chi connectivity index (χ0v) is 27.0. The number of imidazole rings is 1. The lowest BCUT2D eigenvalue weighted by atomic mass is 10.1. The summed E-state index contributed by atoms with van der Waals surface area (Å²) in [7, 11) is 0. The maximum Gasteiger partial charge on any atom is 0.307 e. The summed E-state index contributed by atoms with van der Waals surface area (Å²) >= 11 is 0. The molecular weight excluding hydrogens is 582 g/mol. The first kappa shape index (κ1) is 32.9. The van der Waals surface area contributed by atoms with Gasteiger partial charge in [0.2, 0.25) is 11.8 Å². The molecule has 1 aliphatic heterocycles. The van der Waals surface area contributed by atoms with E-state index >= 15 is 0 Å². The second-order valence-electron chi connectivity index (χ2n) is 12.2. The first-order valence-electron chi connectivity index (χ1n) is 16.3. The summed E-state index contributed by atoms with van der Waals surface area (Å²) in [5, 5.41) is 10.3. The Bertz CT molecular complexity index is 1700. The Balaban J connectivity index is 1.38. The zero-order chi connectivity index (χ0) is 32.6. The molecule has 5 rings (SSSR count). The van der Waals surface area contributed by atoms with Crippen LogP contribution in [0.3, 0.4) is 0 Å². The van der Waals surface area contributed by atoms with Gasteiger partial charge in [-0.2, -0.15) is 0 Å². The Morgan fingerprint density at radius 3 is 2.57 bits per heavy atom. The molecule has 11 nitrogen and oxygen atoms in total. The van der Waals surface area contributed by atoms with Crippen molar-refractivity contribution < 1.29 is 19.5 Å². The fourth-order valence-electron chi connectivity index (χ4n) is 6.35. The van der Waals surface area contributed by atoms with Gasteiger partial charge < -0.3 is 25.2 Å². The predicted molar refractivity (Wildman–Crippen MR) is 179 cm³/mol. The molecule has 46 heavy (non-hydrogen) atoms. The van der Waals surface area contributed by atoms with Gasteiger partial charge in [0.1, 0.15) is 11.3 Å². The molecule has 2 amide bonds. The number of nitrogens with zero attached hydrogens (tertiary/aromatic N) is 6. The first-order valence-corrected chi connectivity index (χ1v) is 16.3. The Morgan fingerprint density at radius 1 is 0.978 bits per heavy atom. The number of hydrogen-bond donors (Lipinski definition) is 2. The summed E-state index contributed by atoms with van der Waals surface area (Å²) in [6.07, 6.45) is 4.32. The number of anilines is 1. The van der Waals surface area contributed by atoms with Crippen molar-refractivity contribution in [2.24, 2.45) is 0 Å². The van der Waals surface area contributed by atoms with Gasteiger partial charge in [0.25, 0.3) is 0 Å². The number of carboxylic acids is 1. The molecule has 3 heterocycles. The highest BCUT2D eigenvalue weighted by Crippen LogP contribution is 2.29. The molecule has 1 saturated heterocycles. The Hall–Kier alpha value is -4.51. The van der Waals surface area contributed by atoms with Crippen molar-refractivity contribution in [3.05, 3.63) is 65.5 Å². The summed E-state index contributed by atoms with van der Waals surface area (Å²) in [5.41, 5.74) is 10.5. The second kappa shape index (κ2) is 15.2. The topological polar surface area (TPSA) is 138 Å². The number of aliphatic carboxylic acids is 1. The van der Waals surface area contributed by atoms with Crippen LogP contribution >= 0.6 is 0 Å². The lowest BCUT2D eigenvalue weighted by Gasteiger charge is -2.27. The van der Waals surface area contributed by atoms with Crippen LogP contribution in [0.5, 0.6) is 0 Å². The normalized spacial score (nSPS) is 14.1. The Morgan fingerprint density at radius 2 is 1.78 bits per heavy atom. The lowest BCUT2D eigenvalue weighted by molar-refractivity contribution is -0.136. The van der Waals surface area contributed by atoms with Crippen molar-refractivity contribution in [3.63, 3.8) is 0 Å². The molecule has 0 bridgehead atoms. The van der Waals surface area contributed by atoms with Gasteiger partial charge in [-0.1, -0.05) is 55.8 Å². The quantitative estimate of drug-likeness (QED) is 0.226. The van der Waals surface area contributed by atoms with Gasteiger partial charge in [-0.25, -0.2) is 9.97 Å². The second-order valence-corrected chi connectivity index (χ2v) is 12.2. The Kier molecular flexibility index (Phi) is 10.8. The molecule has 0 saturated carbocycles. The highest BCUT2D eigenvalue weighted by molar-refractivity contribution is 6.06. The van der Waals surface area contributed by atoms with Gasteiger partial charge in [-0.05, 0) is 36.5 Å². The molecule has 244 valence electrons. The number of pyridine rings is 1. The fraction of sp³-hybridized carbons (Fsp3) is 0.457. The molecule has 3 N–H and O–H groups in total. The molecule has 2 aromatic heterocycles. The van der Waals surface area contributed by atoms with Gasteiger partial charge in [-0.3, -0.25) is 19.3 Å². The van der Waals surface area contributed by atoms with E-state index in [2.05, 4.69) is 27.4 Å². The van der Waals surface area contributed by atoms with Crippen molar-refractivity contribution in [3.8, 4) is 0 Å². The number of rotatable bonds is 13. The minimum absolute atomic E-state index is 0.0144. The summed E-state index contributed by atoms with van der Waals surface area (Å²) < 4.78 is 2.26. The largest absolute Gasteiger partial charge is 0.481 e. The molecule has 1 aliphatic rings. The number of carboxylic acid groups (broad SMARTS) is 1. The number of benzene rings is 2. The van der Waals surface area contributed by atoms with E-state index in [1.807, 2.05) is 46.2 Å². The average molecular weight is 628 g/mol. The molecule has 4 aromatic rings. The third-order valence-electron chi connectivity index (χ3n) is 8.72. The van der Waals surface area contributed by atoms with E-state index in [1.54, 1.807) is 13.0 Å². The van der Waals surface area contributed by atoms with Crippen molar-refractivity contribution in [1.29, 1.82) is 0 Å². The maximum atomic E-state index is 13.9. The number of carbonyl (C=O) groups is 3. The zero-order valence-electron chi connectivity index (χ0n) is 27.0. The molecule has 0 spiro atoms. The van der Waals surface area contributed by atoms with Crippen molar-refractivity contribution in [2.45, 2.75) is 65.5 Å². The van der Waals surface area contributed by atoms with E-state index in [9.17, 15) is 19.5 Å². The minimum Gasteiger partial charge on any atom is -0.481 e. The fourth-order valence-corrected chi connectivity index (χ4v) is 6.35. The van der Waals surface area contributed by atoms with Crippen LogP contribution in [0.4, 0.5) is 5.82 Å². The molecule has 0 radical (unpaired) electrons. The number of carbonyl (C=O) groups excluding carboxylic acids is 2.